The van der Waals surface area contributed by atoms with Crippen LogP contribution in [0.25, 0.3) is 33.4 Å². The largest absolute Gasteiger partial charge is 1.00 e. The average molecular weight is 657 g/mol. The Bertz CT molecular complexity index is 1490. The van der Waals surface area contributed by atoms with Crippen LogP contribution in [0.4, 0.5) is 0 Å². The molecule has 0 bridgehead atoms. The first kappa shape index (κ1) is 31.8. The van der Waals surface area contributed by atoms with Crippen molar-refractivity contribution in [3.63, 3.8) is 0 Å². The van der Waals surface area contributed by atoms with Gasteiger partial charge in [0.2, 0.25) is 0 Å². The third-order valence-electron chi connectivity index (χ3n) is 8.18. The van der Waals surface area contributed by atoms with Gasteiger partial charge in [-0.1, -0.05) is 0 Å². The Morgan fingerprint density at radius 3 is 1.39 bits per heavy atom. The Labute approximate surface area is 270 Å². The van der Waals surface area contributed by atoms with E-state index in [1.54, 1.807) is 14.4 Å². The van der Waals surface area contributed by atoms with E-state index in [1.807, 2.05) is 0 Å². The zero-order valence-corrected chi connectivity index (χ0v) is 28.8. The van der Waals surface area contributed by atoms with Gasteiger partial charge in [-0.15, -0.1) is 0 Å². The van der Waals surface area contributed by atoms with Crippen LogP contribution < -0.4 is 24.8 Å². The van der Waals surface area contributed by atoms with Crippen LogP contribution in [0.15, 0.2) is 106 Å². The van der Waals surface area contributed by atoms with Crippen molar-refractivity contribution >= 4 is 0 Å². The molecule has 3 heteroatoms. The summed E-state index contributed by atoms with van der Waals surface area (Å²) in [6.45, 7) is 14.2. The maximum atomic E-state index is 2.58. The van der Waals surface area contributed by atoms with Gasteiger partial charge in [0.15, 0.2) is 0 Å². The summed E-state index contributed by atoms with van der Waals surface area (Å²) in [5.41, 5.74) is 14.5. The van der Waals surface area contributed by atoms with Crippen molar-refractivity contribution in [2.75, 3.05) is 0 Å². The first-order valence-corrected chi connectivity index (χ1v) is 16.9. The minimum atomic E-state index is -0.899. The minimum absolute atomic E-state index is 0. The number of benzene rings is 4. The van der Waals surface area contributed by atoms with Gasteiger partial charge in [0.1, 0.15) is 0 Å². The van der Waals surface area contributed by atoms with Crippen LogP contribution in [0.2, 0.25) is 0 Å². The Kier molecular flexibility index (Phi) is 9.45. The third kappa shape index (κ3) is 6.15. The zero-order chi connectivity index (χ0) is 27.4. The number of hydrogen-bond donors (Lipinski definition) is 0. The summed E-state index contributed by atoms with van der Waals surface area (Å²) in [5.74, 6) is 0. The summed E-state index contributed by atoms with van der Waals surface area (Å²) in [6, 6.07) is 32.4. The molecule has 0 unspecified atom stereocenters. The number of rotatable bonds is 4. The van der Waals surface area contributed by atoms with E-state index in [0.717, 1.165) is 6.42 Å². The van der Waals surface area contributed by atoms with E-state index >= 15 is 0 Å². The molecule has 4 aromatic carbocycles. The van der Waals surface area contributed by atoms with Gasteiger partial charge in [0, 0.05) is 0 Å². The van der Waals surface area contributed by atoms with Crippen LogP contribution in [0.5, 0.6) is 0 Å². The van der Waals surface area contributed by atoms with E-state index in [2.05, 4.69) is 145 Å². The molecule has 0 radical (unpaired) electrons. The molecule has 0 saturated heterocycles. The summed E-state index contributed by atoms with van der Waals surface area (Å²) >= 11 is -0.899. The molecule has 208 valence electrons. The standard InChI is InChI=1S/C33H33.C5H5.2ClH.Zr/c1-32(2,3)30-20-26-24(18-28(30)22-13-9-7-10-14-22)17-25-19-29(23-15-11-8-12-16-23)31(21-27(25)26)33(4,5)6;1-2-4-5-3-1;;;/h7-21H,1-6H3;1-3H,4H2;2*1H;/q;;;;+2/p-2. The van der Waals surface area contributed by atoms with Crippen molar-refractivity contribution < 1.29 is 48.0 Å². The summed E-state index contributed by atoms with van der Waals surface area (Å²) in [5, 5.41) is 0. The normalized spacial score (nSPS) is 14.0. The number of halogens is 2. The van der Waals surface area contributed by atoms with Crippen molar-refractivity contribution in [3.8, 4) is 33.4 Å². The fraction of sp³-hybridized carbons (Fsp3) is 0.263. The molecule has 0 aromatic heterocycles. The van der Waals surface area contributed by atoms with Crippen LogP contribution >= 0.6 is 0 Å². The van der Waals surface area contributed by atoms with Gasteiger partial charge in [-0.2, -0.15) is 0 Å². The summed E-state index contributed by atoms with van der Waals surface area (Å²) < 4.78 is 2.22. The van der Waals surface area contributed by atoms with Gasteiger partial charge >= 0.3 is 248 Å². The molecular weight excluding hydrogens is 619 g/mol. The molecule has 41 heavy (non-hydrogen) atoms. The predicted molar refractivity (Wildman–Crippen MR) is 164 cm³/mol. The fourth-order valence-corrected chi connectivity index (χ4v) is 10.1. The van der Waals surface area contributed by atoms with Gasteiger partial charge in [0.05, 0.1) is 0 Å². The second-order valence-electron chi connectivity index (χ2n) is 13.1. The maximum absolute atomic E-state index is 2.58. The molecule has 0 N–H and O–H groups in total. The number of hydrogen-bond acceptors (Lipinski definition) is 0. The summed E-state index contributed by atoms with van der Waals surface area (Å²) in [4.78, 5) is 0. The fourth-order valence-electron chi connectivity index (χ4n) is 6.19. The number of fused-ring (bicyclic) bond motifs is 3. The zero-order valence-electron chi connectivity index (χ0n) is 24.9. The molecular formula is C38H38Cl2Zr. The molecule has 0 heterocycles. The molecule has 0 aliphatic heterocycles. The molecule has 0 fully saturated rings. The molecule has 0 spiro atoms. The van der Waals surface area contributed by atoms with E-state index in [4.69, 9.17) is 0 Å². The van der Waals surface area contributed by atoms with E-state index < -0.39 is 23.2 Å². The minimum Gasteiger partial charge on any atom is -1.00 e. The van der Waals surface area contributed by atoms with Gasteiger partial charge < -0.3 is 24.8 Å². The molecule has 0 amide bonds. The van der Waals surface area contributed by atoms with E-state index in [1.165, 1.54) is 44.5 Å². The molecule has 0 saturated carbocycles. The van der Waals surface area contributed by atoms with Gasteiger partial charge in [-0.05, 0) is 0 Å². The summed E-state index contributed by atoms with van der Waals surface area (Å²) in [6.07, 6.45) is 8.16. The maximum Gasteiger partial charge on any atom is -1.00 e. The third-order valence-corrected chi connectivity index (χ3v) is 12.2. The van der Waals surface area contributed by atoms with Crippen LogP contribution in [-0.2, 0) is 34.1 Å². The van der Waals surface area contributed by atoms with Gasteiger partial charge in [-0.3, -0.25) is 0 Å². The smallest absolute Gasteiger partial charge is 1.00 e. The average Bonchev–Trinajstić information content (AvgIpc) is 3.53. The van der Waals surface area contributed by atoms with E-state index in [-0.39, 0.29) is 35.6 Å². The van der Waals surface area contributed by atoms with Crippen molar-refractivity contribution in [1.29, 1.82) is 0 Å². The Hall–Kier alpha value is -2.18. The van der Waals surface area contributed by atoms with Crippen molar-refractivity contribution in [1.82, 2.24) is 0 Å². The summed E-state index contributed by atoms with van der Waals surface area (Å²) in [7, 11) is 0. The number of allylic oxidation sites excluding steroid dienone is 4. The van der Waals surface area contributed by atoms with E-state index in [9.17, 15) is 0 Å². The topological polar surface area (TPSA) is 0 Å². The van der Waals surface area contributed by atoms with Crippen LogP contribution in [0, 0.1) is 0 Å². The molecule has 2 aliphatic rings. The molecule has 6 rings (SSSR count). The quantitative estimate of drug-likeness (QED) is 0.301. The second kappa shape index (κ2) is 12.2. The molecule has 0 nitrogen and oxygen atoms in total. The SMILES string of the molecule is CC(C)(C)c1cc2c(cc1-c1ccccc1)[CH]([Zr+2][C]1=CC=CC1)c1cc(-c3ccccc3)c(C(C)(C)C)cc1-2.[Cl-].[Cl-]. The monoisotopic (exact) mass is 654 g/mol. The first-order chi connectivity index (χ1) is 18.6. The Balaban J connectivity index is 0.00000194. The Morgan fingerprint density at radius 2 is 1.02 bits per heavy atom. The second-order valence-corrected chi connectivity index (χ2v) is 16.8. The van der Waals surface area contributed by atoms with Crippen molar-refractivity contribution in [3.05, 3.63) is 129 Å². The van der Waals surface area contributed by atoms with Crippen LogP contribution in [0.3, 0.4) is 0 Å². The van der Waals surface area contributed by atoms with Gasteiger partial charge in [-0.25, -0.2) is 0 Å². The van der Waals surface area contributed by atoms with Crippen molar-refractivity contribution in [2.45, 2.75) is 62.4 Å². The molecule has 0 atom stereocenters. The first-order valence-electron chi connectivity index (χ1n) is 14.2. The molecule has 2 aliphatic carbocycles. The van der Waals surface area contributed by atoms with Crippen LogP contribution in [0.1, 0.15) is 73.8 Å². The Morgan fingerprint density at radius 1 is 0.585 bits per heavy atom. The van der Waals surface area contributed by atoms with Gasteiger partial charge in [0.25, 0.3) is 0 Å². The van der Waals surface area contributed by atoms with Crippen LogP contribution in [-0.4, -0.2) is 0 Å². The molecule has 4 aromatic rings. The predicted octanol–water partition coefficient (Wildman–Crippen LogP) is 4.62. The van der Waals surface area contributed by atoms with Crippen molar-refractivity contribution in [2.24, 2.45) is 0 Å². The van der Waals surface area contributed by atoms with E-state index in [0.29, 0.717) is 3.63 Å².